The Morgan fingerprint density at radius 3 is 1.31 bits per heavy atom. The molecule has 2 aromatic heterocycles. The summed E-state index contributed by atoms with van der Waals surface area (Å²) in [6.07, 6.45) is 0. The third-order valence-electron chi connectivity index (χ3n) is 6.71. The molecule has 0 aliphatic heterocycles. The van der Waals surface area contributed by atoms with Gasteiger partial charge in [-0.1, -0.05) is 66.6 Å². The number of carbonyl (C=O) groups is 2. The summed E-state index contributed by atoms with van der Waals surface area (Å²) >= 11 is 6.89. The molecule has 12 heteroatoms. The molecule has 0 saturated carbocycles. The van der Waals surface area contributed by atoms with Gasteiger partial charge in [0.05, 0.1) is 11.0 Å². The zero-order chi connectivity index (χ0) is 28.8. The number of nitrogens with zero attached hydrogens (tertiary/aromatic N) is 6. The maximum absolute atomic E-state index is 14.6. The highest BCUT2D eigenvalue weighted by Crippen LogP contribution is 2.34. The number of Topliss-reactive ketones (excluding diaryl/α,β-unsaturated/α-hetero) is 2. The number of allylic oxidation sites excluding steroid dienone is 2. The molecule has 204 valence electrons. The fraction of sp³-hybridized carbons (Fsp3) is 0. The van der Waals surface area contributed by atoms with Gasteiger partial charge in [-0.15, -0.1) is 10.2 Å². The first kappa shape index (κ1) is 26.0. The van der Waals surface area contributed by atoms with Gasteiger partial charge in [0.1, 0.15) is 33.8 Å². The van der Waals surface area contributed by atoms with Crippen molar-refractivity contribution >= 4 is 88.3 Å². The summed E-state index contributed by atoms with van der Waals surface area (Å²) in [7, 11) is 0. The van der Waals surface area contributed by atoms with Gasteiger partial charge in [0.15, 0.2) is 0 Å². The molecule has 0 fully saturated rings. The number of hydrogen-bond acceptors (Lipinski definition) is 8. The van der Waals surface area contributed by atoms with Crippen molar-refractivity contribution in [2.45, 2.75) is 0 Å². The molecule has 7 rings (SSSR count). The zero-order valence-corrected chi connectivity index (χ0v) is 24.7. The lowest BCUT2D eigenvalue weighted by atomic mass is 9.97. The van der Waals surface area contributed by atoms with Crippen molar-refractivity contribution in [3.05, 3.63) is 117 Å². The van der Waals surface area contributed by atoms with Crippen molar-refractivity contribution in [1.82, 2.24) is 30.0 Å². The molecule has 10 nitrogen and oxygen atoms in total. The highest BCUT2D eigenvalue weighted by molar-refractivity contribution is 9.10. The van der Waals surface area contributed by atoms with Crippen LogP contribution in [0.15, 0.2) is 117 Å². The summed E-state index contributed by atoms with van der Waals surface area (Å²) in [6.45, 7) is 0. The van der Waals surface area contributed by atoms with Crippen molar-refractivity contribution in [3.8, 4) is 0 Å². The number of anilines is 2. The van der Waals surface area contributed by atoms with Crippen molar-refractivity contribution < 1.29 is 9.59 Å². The summed E-state index contributed by atoms with van der Waals surface area (Å²) in [5, 5.41) is 23.5. The third kappa shape index (κ3) is 4.50. The van der Waals surface area contributed by atoms with E-state index in [1.54, 1.807) is 48.5 Å². The SMILES string of the molecule is O=C1C(Nc2ccc(Br)cc2)=C(n2nnc3ccccc32)C(=O)C(Nc2ccc(Br)cc2)=C1n1nnc2ccccc21. The van der Waals surface area contributed by atoms with Gasteiger partial charge in [-0.2, -0.15) is 0 Å². The number of carbonyl (C=O) groups excluding carboxylic acids is 2. The van der Waals surface area contributed by atoms with E-state index in [1.165, 1.54) is 9.36 Å². The number of rotatable bonds is 6. The quantitative estimate of drug-likeness (QED) is 0.202. The Bertz CT molecular complexity index is 1940. The first-order valence-electron chi connectivity index (χ1n) is 12.7. The molecule has 6 aromatic rings. The van der Waals surface area contributed by atoms with E-state index in [2.05, 4.69) is 63.1 Å². The number of hydrogen-bond donors (Lipinski definition) is 2. The van der Waals surface area contributed by atoms with Crippen LogP contribution >= 0.6 is 31.9 Å². The number of ketones is 2. The minimum atomic E-state index is -0.484. The Kier molecular flexibility index (Phi) is 6.48. The topological polar surface area (TPSA) is 120 Å². The fourth-order valence-electron chi connectivity index (χ4n) is 4.74. The van der Waals surface area contributed by atoms with Crippen molar-refractivity contribution in [1.29, 1.82) is 0 Å². The molecule has 2 heterocycles. The first-order chi connectivity index (χ1) is 20.5. The molecule has 0 bridgehead atoms. The van der Waals surface area contributed by atoms with E-state index in [0.29, 0.717) is 33.4 Å². The van der Waals surface area contributed by atoms with E-state index in [9.17, 15) is 9.59 Å². The number of para-hydroxylation sites is 2. The molecule has 0 unspecified atom stereocenters. The van der Waals surface area contributed by atoms with Crippen molar-refractivity contribution in [3.63, 3.8) is 0 Å². The van der Waals surface area contributed by atoms with Gasteiger partial charge >= 0.3 is 0 Å². The molecular weight excluding hydrogens is 664 g/mol. The summed E-state index contributed by atoms with van der Waals surface area (Å²) in [5.41, 5.74) is 3.58. The highest BCUT2D eigenvalue weighted by Gasteiger charge is 2.39. The van der Waals surface area contributed by atoms with Crippen LogP contribution < -0.4 is 10.6 Å². The van der Waals surface area contributed by atoms with Crippen LogP contribution in [-0.4, -0.2) is 41.6 Å². The number of aromatic nitrogens is 6. The van der Waals surface area contributed by atoms with Crippen LogP contribution in [0.3, 0.4) is 0 Å². The van der Waals surface area contributed by atoms with Crippen LogP contribution in [0.1, 0.15) is 0 Å². The average Bonchev–Trinajstić information content (AvgIpc) is 3.63. The van der Waals surface area contributed by atoms with Gasteiger partial charge in [0, 0.05) is 20.3 Å². The summed E-state index contributed by atoms with van der Waals surface area (Å²) in [6, 6.07) is 29.0. The molecule has 4 aromatic carbocycles. The molecule has 0 atom stereocenters. The maximum Gasteiger partial charge on any atom is 0.232 e. The Balaban J connectivity index is 1.48. The Morgan fingerprint density at radius 1 is 0.524 bits per heavy atom. The number of fused-ring (bicyclic) bond motifs is 2. The third-order valence-corrected chi connectivity index (χ3v) is 7.77. The second-order valence-corrected chi connectivity index (χ2v) is 11.2. The normalized spacial score (nSPS) is 13.9. The minimum absolute atomic E-state index is 0.0180. The van der Waals surface area contributed by atoms with Gasteiger partial charge in [-0.25, -0.2) is 9.36 Å². The highest BCUT2D eigenvalue weighted by atomic mass is 79.9. The molecule has 1 aliphatic rings. The van der Waals surface area contributed by atoms with Crippen LogP contribution in [0, 0.1) is 0 Å². The van der Waals surface area contributed by atoms with Crippen LogP contribution in [0.25, 0.3) is 33.5 Å². The fourth-order valence-corrected chi connectivity index (χ4v) is 5.27. The number of halogens is 2. The van der Waals surface area contributed by atoms with Gasteiger partial charge in [0.25, 0.3) is 0 Å². The predicted molar refractivity (Wildman–Crippen MR) is 167 cm³/mol. The number of benzene rings is 4. The molecule has 1 aliphatic carbocycles. The zero-order valence-electron chi connectivity index (χ0n) is 21.5. The van der Waals surface area contributed by atoms with Gasteiger partial charge in [-0.05, 0) is 72.8 Å². The van der Waals surface area contributed by atoms with Crippen LogP contribution in [0.5, 0.6) is 0 Å². The van der Waals surface area contributed by atoms with Crippen molar-refractivity contribution in [2.75, 3.05) is 10.6 Å². The predicted octanol–water partition coefficient (Wildman–Crippen LogP) is 6.11. The van der Waals surface area contributed by atoms with Crippen LogP contribution in [-0.2, 0) is 9.59 Å². The van der Waals surface area contributed by atoms with E-state index in [-0.39, 0.29) is 22.8 Å². The minimum Gasteiger partial charge on any atom is -0.350 e. The van der Waals surface area contributed by atoms with Crippen LogP contribution in [0.4, 0.5) is 11.4 Å². The van der Waals surface area contributed by atoms with Crippen LogP contribution in [0.2, 0.25) is 0 Å². The average molecular weight is 682 g/mol. The van der Waals surface area contributed by atoms with Gasteiger partial charge in [0.2, 0.25) is 11.6 Å². The molecule has 2 N–H and O–H groups in total. The molecule has 0 radical (unpaired) electrons. The van der Waals surface area contributed by atoms with E-state index in [0.717, 1.165) is 8.95 Å². The smallest absolute Gasteiger partial charge is 0.232 e. The van der Waals surface area contributed by atoms with E-state index < -0.39 is 11.6 Å². The monoisotopic (exact) mass is 680 g/mol. The molecule has 0 spiro atoms. The second kappa shape index (κ2) is 10.5. The Labute approximate surface area is 255 Å². The summed E-state index contributed by atoms with van der Waals surface area (Å²) in [4.78, 5) is 29.3. The maximum atomic E-state index is 14.6. The molecule has 42 heavy (non-hydrogen) atoms. The Hall–Kier alpha value is -4.94. The van der Waals surface area contributed by atoms with Gasteiger partial charge in [-0.3, -0.25) is 9.59 Å². The lowest BCUT2D eigenvalue weighted by Gasteiger charge is -2.25. The summed E-state index contributed by atoms with van der Waals surface area (Å²) in [5.74, 6) is -0.968. The first-order valence-corrected chi connectivity index (χ1v) is 14.3. The lowest BCUT2D eigenvalue weighted by Crippen LogP contribution is -2.34. The van der Waals surface area contributed by atoms with E-state index >= 15 is 0 Å². The van der Waals surface area contributed by atoms with E-state index in [4.69, 9.17) is 0 Å². The molecule has 0 amide bonds. The molecular formula is C30H18Br2N8O2. The van der Waals surface area contributed by atoms with Crippen molar-refractivity contribution in [2.24, 2.45) is 0 Å². The lowest BCUT2D eigenvalue weighted by molar-refractivity contribution is -0.114. The summed E-state index contributed by atoms with van der Waals surface area (Å²) < 4.78 is 4.53. The standard InChI is InChI=1S/C30H18Br2N8O2/c31-17-9-13-19(14-10-17)33-25-27(39-23-7-3-1-5-21(23)35-37-39)29(41)26(34-20-15-11-18(32)12-16-20)28(30(25)42)40-24-8-4-2-6-22(24)36-38-40/h1-16,33-34H. The largest absolute Gasteiger partial charge is 0.350 e. The number of nitrogens with one attached hydrogen (secondary N) is 2. The van der Waals surface area contributed by atoms with Gasteiger partial charge < -0.3 is 10.6 Å². The molecule has 0 saturated heterocycles. The van der Waals surface area contributed by atoms with E-state index in [1.807, 2.05) is 48.5 Å². The Morgan fingerprint density at radius 2 is 0.905 bits per heavy atom. The second-order valence-electron chi connectivity index (χ2n) is 9.35.